The maximum absolute atomic E-state index is 14.3. The number of hydrogen-bond acceptors (Lipinski definition) is 13. The van der Waals surface area contributed by atoms with Crippen molar-refractivity contribution in [3.8, 4) is 29.1 Å². The number of hydrogen-bond donors (Lipinski definition) is 9. The molecular formula is C64H75N3O9S2. The Bertz CT molecular complexity index is 3070. The molecule has 5 aliphatic rings. The van der Waals surface area contributed by atoms with E-state index in [0.29, 0.717) is 91.2 Å². The predicted molar refractivity (Wildman–Crippen MR) is 307 cm³/mol. The summed E-state index contributed by atoms with van der Waals surface area (Å²) in [4.78, 5) is 31.5. The molecule has 4 aromatic carbocycles. The van der Waals surface area contributed by atoms with Gasteiger partial charge >= 0.3 is 0 Å². The molecule has 1 aromatic heterocycles. The summed E-state index contributed by atoms with van der Waals surface area (Å²) in [6.07, 6.45) is 12.4. The van der Waals surface area contributed by atoms with Crippen molar-refractivity contribution in [3.05, 3.63) is 159 Å². The van der Waals surface area contributed by atoms with Crippen molar-refractivity contribution in [1.82, 2.24) is 4.98 Å². The zero-order valence-electron chi connectivity index (χ0n) is 44.4. The van der Waals surface area contributed by atoms with Gasteiger partial charge < -0.3 is 51.8 Å². The van der Waals surface area contributed by atoms with Crippen LogP contribution < -0.4 is 16.2 Å². The number of ether oxygens (including phenoxy) is 1. The number of aromatic hydroxyl groups is 2. The first-order valence-electron chi connectivity index (χ1n) is 28.0. The van der Waals surface area contributed by atoms with Crippen LogP contribution in [0.1, 0.15) is 155 Å². The van der Waals surface area contributed by atoms with Crippen LogP contribution in [-0.2, 0) is 36.2 Å². The number of carbonyl (C=O) groups is 2. The van der Waals surface area contributed by atoms with Gasteiger partial charge in [0.05, 0.1) is 37.5 Å². The van der Waals surface area contributed by atoms with E-state index in [4.69, 9.17) is 16.2 Å². The van der Waals surface area contributed by atoms with E-state index < -0.39 is 29.2 Å². The number of aromatic amines is 1. The van der Waals surface area contributed by atoms with Crippen LogP contribution in [0.2, 0.25) is 0 Å². The number of carbonyl (C=O) groups excluding carboxylic acids is 2. The van der Waals surface area contributed by atoms with Crippen molar-refractivity contribution < 1.29 is 45.0 Å². The highest BCUT2D eigenvalue weighted by Gasteiger charge is 2.46. The summed E-state index contributed by atoms with van der Waals surface area (Å²) in [7, 11) is 3.32. The van der Waals surface area contributed by atoms with Crippen LogP contribution in [0.4, 0.5) is 0 Å². The molecule has 0 spiro atoms. The Morgan fingerprint density at radius 3 is 2.49 bits per heavy atom. The van der Waals surface area contributed by atoms with Crippen LogP contribution in [0.3, 0.4) is 0 Å². The molecule has 2 heterocycles. The van der Waals surface area contributed by atoms with E-state index in [9.17, 15) is 40.2 Å². The fourth-order valence-corrected chi connectivity index (χ4v) is 16.3. The fourth-order valence-electron chi connectivity index (χ4n) is 13.8. The summed E-state index contributed by atoms with van der Waals surface area (Å²) in [5.74, 6) is 7.91. The van der Waals surface area contributed by atoms with E-state index >= 15 is 0 Å². The van der Waals surface area contributed by atoms with E-state index in [-0.39, 0.29) is 79.4 Å². The van der Waals surface area contributed by atoms with Gasteiger partial charge in [0.15, 0.2) is 23.1 Å². The summed E-state index contributed by atoms with van der Waals surface area (Å²) in [6, 6.07) is 24.8. The lowest BCUT2D eigenvalue weighted by Crippen LogP contribution is -2.41. The van der Waals surface area contributed by atoms with E-state index in [0.717, 1.165) is 65.6 Å². The molecule has 78 heavy (non-hydrogen) atoms. The standard InChI is InChI=1S/C64H75N3O9S2/c65-62(66)53-29-43-6-3-9-56-50(18-23-67-56)59(73)31-54-52(43)30-46(53)36-77-78-37-47-32-63(34-60(47)74,22-17-48(70)13-10-39-12-15-58(72)61(26-39)76-24-19-40-11-14-57(71)55(54)25-40)21-16-44-33-64(75,38-69)20-4-7-41-27-45(35-68)49-8-2-1-5-42(49)28-51(41)44/h1-2,5,8,11-12,14-15,17-18,22-23,25-26,29-30,41,44-45,47,51,54,60,62,67-69,71-72,74-75H,4,7,9-10,13,16,19-21,24,27-28,31-38,65-66H2/b22-17+/t41-,44-,45+,47+,51-,54-,60+,63+,64-/m1/s1. The van der Waals surface area contributed by atoms with Gasteiger partial charge in [0, 0.05) is 77.8 Å². The van der Waals surface area contributed by atoms with Crippen LogP contribution in [0.5, 0.6) is 17.2 Å². The Morgan fingerprint density at radius 2 is 1.67 bits per heavy atom. The smallest absolute Gasteiger partial charge is 0.165 e. The van der Waals surface area contributed by atoms with E-state index in [1.54, 1.807) is 64.2 Å². The van der Waals surface area contributed by atoms with Crippen molar-refractivity contribution >= 4 is 33.2 Å². The SMILES string of the molecule is NC(N)c1cc2c3cc1CSSC[C@@H]1C[C@](CC[C@@H]4C[C@@](O)(CO)CCC[C@@H]5C[C@@H](CO)c6ccccc6C[C@H]54)(/C=C/C(=O)CCc4ccc(O)c(c4)OCCc4ccc(O)c(c4)[C@@H]3CC(=O)c3cc[nH]c3CC#C2)C[C@@H]1O. The second kappa shape index (κ2) is 24.6. The molecule has 9 atom stereocenters. The zero-order chi connectivity index (χ0) is 54.6. The number of nitrogens with two attached hydrogens (primary N) is 2. The quantitative estimate of drug-likeness (QED) is 0.0439. The molecule has 2 saturated carbocycles. The Labute approximate surface area is 466 Å². The summed E-state index contributed by atoms with van der Waals surface area (Å²) in [5.41, 5.74) is 20.4. The topological polar surface area (TPSA) is 233 Å². The third kappa shape index (κ3) is 12.6. The Hall–Kier alpha value is -5.34. The fraction of sp³-hybridized carbons (Fsp3) is 0.469. The number of Topliss-reactive ketones (excluding diaryl/α,β-unsaturated/α-hetero) is 1. The number of nitrogens with one attached hydrogen (secondary N) is 1. The summed E-state index contributed by atoms with van der Waals surface area (Å²) in [5, 5.41) is 68.0. The van der Waals surface area contributed by atoms with Crippen LogP contribution in [0.15, 0.2) is 97.2 Å². The summed E-state index contributed by atoms with van der Waals surface area (Å²) in [6.45, 7) is -0.0378. The first-order chi connectivity index (χ1) is 37.7. The van der Waals surface area contributed by atoms with Gasteiger partial charge in [-0.1, -0.05) is 101 Å². The van der Waals surface area contributed by atoms with Gasteiger partial charge in [0.2, 0.25) is 0 Å². The average Bonchev–Trinajstić information content (AvgIpc) is 4.12. The number of fused-ring (bicyclic) bond motifs is 11. The van der Waals surface area contributed by atoms with Crippen molar-refractivity contribution in [2.45, 2.75) is 132 Å². The van der Waals surface area contributed by atoms with E-state index in [2.05, 4.69) is 53.2 Å². The molecule has 4 aliphatic carbocycles. The molecule has 14 heteroatoms. The minimum absolute atomic E-state index is 0.0233. The lowest BCUT2D eigenvalue weighted by molar-refractivity contribution is -0.114. The minimum Gasteiger partial charge on any atom is -0.508 e. The number of rotatable bonds is 6. The first kappa shape index (κ1) is 56.0. The van der Waals surface area contributed by atoms with Gasteiger partial charge in [-0.15, -0.1) is 0 Å². The second-order valence-corrected chi connectivity index (χ2v) is 25.7. The van der Waals surface area contributed by atoms with Gasteiger partial charge in [-0.05, 0) is 162 Å². The number of benzene rings is 4. The lowest BCUT2D eigenvalue weighted by atomic mass is 9.65. The molecule has 0 unspecified atom stereocenters. The van der Waals surface area contributed by atoms with Crippen molar-refractivity contribution in [3.63, 3.8) is 0 Å². The van der Waals surface area contributed by atoms with Crippen molar-refractivity contribution in [2.75, 3.05) is 25.6 Å². The second-order valence-electron chi connectivity index (χ2n) is 23.2. The van der Waals surface area contributed by atoms with Gasteiger partial charge in [0.25, 0.3) is 0 Å². The number of H-pyrrole nitrogens is 1. The van der Waals surface area contributed by atoms with E-state index in [1.165, 1.54) is 11.1 Å². The highest BCUT2D eigenvalue weighted by molar-refractivity contribution is 8.76. The molecule has 11 N–H and O–H groups in total. The number of phenols is 2. The average molecular weight is 1090 g/mol. The van der Waals surface area contributed by atoms with Gasteiger partial charge in [0.1, 0.15) is 5.75 Å². The normalized spacial score (nSPS) is 28.4. The molecule has 10 rings (SSSR count). The van der Waals surface area contributed by atoms with Gasteiger partial charge in [-0.2, -0.15) is 0 Å². The molecule has 5 aromatic rings. The monoisotopic (exact) mass is 1090 g/mol. The Kier molecular flexibility index (Phi) is 17.6. The third-order valence-corrected chi connectivity index (χ3v) is 20.4. The Morgan fingerprint density at radius 1 is 0.846 bits per heavy atom. The third-order valence-electron chi connectivity index (χ3n) is 18.0. The van der Waals surface area contributed by atoms with Crippen molar-refractivity contribution in [1.29, 1.82) is 0 Å². The largest absolute Gasteiger partial charge is 0.508 e. The maximum atomic E-state index is 14.3. The molecule has 2 fully saturated rings. The zero-order valence-corrected chi connectivity index (χ0v) is 46.0. The molecule has 0 radical (unpaired) electrons. The van der Waals surface area contributed by atoms with E-state index in [1.807, 2.05) is 18.2 Å². The van der Waals surface area contributed by atoms with Gasteiger partial charge in [-0.3, -0.25) is 9.59 Å². The highest BCUT2D eigenvalue weighted by Crippen LogP contribution is 2.53. The lowest BCUT2D eigenvalue weighted by Gasteiger charge is -2.42. The van der Waals surface area contributed by atoms with Crippen LogP contribution in [0, 0.1) is 40.9 Å². The Balaban J connectivity index is 0.980. The first-order valence-corrected chi connectivity index (χ1v) is 30.5. The number of aliphatic hydroxyl groups is 4. The number of phenolic OH excluding ortho intramolecular Hbond substituents is 2. The number of ketones is 2. The molecule has 0 amide bonds. The van der Waals surface area contributed by atoms with Crippen LogP contribution >= 0.6 is 21.6 Å². The molecule has 12 nitrogen and oxygen atoms in total. The highest BCUT2D eigenvalue weighted by atomic mass is 33.1. The number of aromatic nitrogens is 1. The molecule has 412 valence electrons. The summed E-state index contributed by atoms with van der Waals surface area (Å²) < 4.78 is 6.21. The molecular weight excluding hydrogens is 1020 g/mol. The van der Waals surface area contributed by atoms with Crippen molar-refractivity contribution in [2.24, 2.45) is 40.6 Å². The van der Waals surface area contributed by atoms with Gasteiger partial charge in [-0.25, -0.2) is 0 Å². The predicted octanol–water partition coefficient (Wildman–Crippen LogP) is 9.63. The number of allylic oxidation sites excluding steroid dienone is 2. The number of aryl methyl sites for hydroxylation is 1. The minimum atomic E-state index is -1.22. The van der Waals surface area contributed by atoms with Crippen LogP contribution in [0.25, 0.3) is 0 Å². The maximum Gasteiger partial charge on any atom is 0.165 e. The molecule has 8 bridgehead atoms. The van der Waals surface area contributed by atoms with Crippen LogP contribution in [-0.4, -0.2) is 84.5 Å². The number of aliphatic hydroxyl groups excluding tert-OH is 3. The molecule has 0 saturated heterocycles. The molecule has 1 aliphatic heterocycles. The summed E-state index contributed by atoms with van der Waals surface area (Å²) >= 11 is 0.